The van der Waals surface area contributed by atoms with Gasteiger partial charge in [0, 0.05) is 12.5 Å². The Hall–Kier alpha value is -2.22. The molecule has 1 N–H and O–H groups in total. The summed E-state index contributed by atoms with van der Waals surface area (Å²) in [6.45, 7) is 7.40. The van der Waals surface area contributed by atoms with Gasteiger partial charge in [-0.05, 0) is 46.1 Å². The fourth-order valence-electron chi connectivity index (χ4n) is 2.44. The van der Waals surface area contributed by atoms with Crippen molar-refractivity contribution in [3.63, 3.8) is 0 Å². The highest BCUT2D eigenvalue weighted by molar-refractivity contribution is 7.81. The molecule has 1 aromatic rings. The van der Waals surface area contributed by atoms with Gasteiger partial charge in [0.1, 0.15) is 17.5 Å². The zero-order chi connectivity index (χ0) is 21.9. The molecular formula is C21H31NO6S. The number of ether oxygens (including phenoxy) is 3. The molecule has 1 amide bonds. The molecule has 0 aliphatic carbocycles. The first-order valence-corrected chi connectivity index (χ1v) is 10.2. The molecule has 0 aliphatic rings. The van der Waals surface area contributed by atoms with Crippen molar-refractivity contribution >= 4 is 30.7 Å². The molecule has 8 heteroatoms. The summed E-state index contributed by atoms with van der Waals surface area (Å²) < 4.78 is 15.5. The molecule has 7 nitrogen and oxygen atoms in total. The van der Waals surface area contributed by atoms with E-state index in [1.54, 1.807) is 27.7 Å². The van der Waals surface area contributed by atoms with Gasteiger partial charge in [0.25, 0.3) is 0 Å². The topological polar surface area (TPSA) is 90.9 Å². The third-order valence-corrected chi connectivity index (χ3v) is 4.15. The van der Waals surface area contributed by atoms with Crippen LogP contribution in [0.25, 0.3) is 0 Å². The Morgan fingerprint density at radius 3 is 2.34 bits per heavy atom. The number of carbonyl (C=O) groups is 3. The summed E-state index contributed by atoms with van der Waals surface area (Å²) in [5.74, 6) is -0.866. The molecule has 0 spiro atoms. The number of thiol groups is 1. The van der Waals surface area contributed by atoms with Crippen LogP contribution in [0.5, 0.6) is 0 Å². The number of hydrogen-bond donors (Lipinski definition) is 2. The van der Waals surface area contributed by atoms with Crippen molar-refractivity contribution < 1.29 is 28.6 Å². The van der Waals surface area contributed by atoms with Crippen LogP contribution >= 0.6 is 12.6 Å². The summed E-state index contributed by atoms with van der Waals surface area (Å²) in [5.41, 5.74) is 0.206. The largest absolute Gasteiger partial charge is 0.466 e. The van der Waals surface area contributed by atoms with Crippen LogP contribution in [0, 0.1) is 0 Å². The van der Waals surface area contributed by atoms with E-state index in [4.69, 9.17) is 14.2 Å². The predicted molar refractivity (Wildman–Crippen MR) is 113 cm³/mol. The van der Waals surface area contributed by atoms with Gasteiger partial charge in [0.05, 0.1) is 6.61 Å². The van der Waals surface area contributed by atoms with E-state index in [1.807, 2.05) is 30.3 Å². The molecule has 1 aromatic carbocycles. The second-order valence-corrected chi connectivity index (χ2v) is 8.16. The Morgan fingerprint density at radius 2 is 1.76 bits per heavy atom. The lowest BCUT2D eigenvalue weighted by Gasteiger charge is -2.24. The average Bonchev–Trinajstić information content (AvgIpc) is 2.63. The van der Waals surface area contributed by atoms with E-state index in [0.717, 1.165) is 5.56 Å². The van der Waals surface area contributed by atoms with E-state index < -0.39 is 29.0 Å². The van der Waals surface area contributed by atoms with Gasteiger partial charge < -0.3 is 19.5 Å². The monoisotopic (exact) mass is 425 g/mol. The fraction of sp³-hybridized carbons (Fsp3) is 0.571. The van der Waals surface area contributed by atoms with Crippen LogP contribution in [0.1, 0.15) is 52.5 Å². The minimum Gasteiger partial charge on any atom is -0.466 e. The highest BCUT2D eigenvalue weighted by Gasteiger charge is 2.25. The number of esters is 2. The Bertz CT molecular complexity index is 659. The Morgan fingerprint density at radius 1 is 1.10 bits per heavy atom. The summed E-state index contributed by atoms with van der Waals surface area (Å²) in [7, 11) is 0. The van der Waals surface area contributed by atoms with Crippen LogP contribution < -0.4 is 5.32 Å². The number of benzene rings is 1. The molecule has 29 heavy (non-hydrogen) atoms. The molecular weight excluding hydrogens is 394 g/mol. The molecule has 2 atom stereocenters. The van der Waals surface area contributed by atoms with Gasteiger partial charge in [-0.2, -0.15) is 12.6 Å². The molecule has 0 saturated heterocycles. The molecule has 0 bridgehead atoms. The van der Waals surface area contributed by atoms with Crippen LogP contribution in [0.15, 0.2) is 30.3 Å². The number of hydrogen-bond acceptors (Lipinski definition) is 7. The van der Waals surface area contributed by atoms with Gasteiger partial charge >= 0.3 is 18.0 Å². The van der Waals surface area contributed by atoms with E-state index in [9.17, 15) is 14.4 Å². The minimum atomic E-state index is -0.763. The van der Waals surface area contributed by atoms with Gasteiger partial charge in [-0.1, -0.05) is 30.3 Å². The molecule has 0 aromatic heterocycles. The van der Waals surface area contributed by atoms with Crippen molar-refractivity contribution in [1.29, 1.82) is 0 Å². The maximum absolute atomic E-state index is 12.3. The third-order valence-electron chi connectivity index (χ3n) is 3.73. The molecule has 0 saturated carbocycles. The lowest BCUT2D eigenvalue weighted by Crippen LogP contribution is -2.41. The third kappa shape index (κ3) is 11.4. The molecule has 1 unspecified atom stereocenters. The Balaban J connectivity index is 2.63. The molecule has 0 radical (unpaired) electrons. The summed E-state index contributed by atoms with van der Waals surface area (Å²) >= 11 is 4.32. The fourth-order valence-corrected chi connectivity index (χ4v) is 2.77. The van der Waals surface area contributed by atoms with Gasteiger partial charge in [-0.15, -0.1) is 0 Å². The van der Waals surface area contributed by atoms with Crippen molar-refractivity contribution in [2.24, 2.45) is 0 Å². The van der Waals surface area contributed by atoms with E-state index in [1.165, 1.54) is 0 Å². The first kappa shape index (κ1) is 24.8. The number of amides is 1. The Kier molecular flexibility index (Phi) is 10.6. The van der Waals surface area contributed by atoms with E-state index in [-0.39, 0.29) is 32.0 Å². The van der Waals surface area contributed by atoms with E-state index in [2.05, 4.69) is 17.9 Å². The first-order chi connectivity index (χ1) is 13.6. The van der Waals surface area contributed by atoms with Crippen molar-refractivity contribution in [1.82, 2.24) is 5.32 Å². The number of alkyl carbamates (subject to hydrolysis) is 1. The summed E-state index contributed by atoms with van der Waals surface area (Å²) in [4.78, 5) is 36.0. The SMILES string of the molecule is CCOC(=O)CC[C@@H](CC(S)C(=O)OCc1ccccc1)NC(=O)OC(C)(C)C. The van der Waals surface area contributed by atoms with E-state index >= 15 is 0 Å². The van der Waals surface area contributed by atoms with E-state index in [0.29, 0.717) is 6.42 Å². The average molecular weight is 426 g/mol. The van der Waals surface area contributed by atoms with Crippen molar-refractivity contribution in [2.45, 2.75) is 70.5 Å². The molecule has 162 valence electrons. The molecule has 1 rings (SSSR count). The summed E-state index contributed by atoms with van der Waals surface area (Å²) in [6, 6.07) is 8.80. The second-order valence-electron chi connectivity index (χ2n) is 7.53. The van der Waals surface area contributed by atoms with Crippen LogP contribution in [0.3, 0.4) is 0 Å². The normalized spacial score (nSPS) is 13.1. The van der Waals surface area contributed by atoms with Gasteiger partial charge in [-0.3, -0.25) is 9.59 Å². The van der Waals surface area contributed by atoms with Crippen molar-refractivity contribution in [2.75, 3.05) is 6.61 Å². The van der Waals surface area contributed by atoms with Gasteiger partial charge in [0.2, 0.25) is 0 Å². The number of rotatable bonds is 10. The standard InChI is InChI=1S/C21H31NO6S/c1-5-26-18(23)12-11-16(22-20(25)28-21(2,3)4)13-17(29)19(24)27-14-15-9-7-6-8-10-15/h6-10,16-17,29H,5,11-14H2,1-4H3,(H,22,25)/t16-,17?/m0/s1. The summed E-state index contributed by atoms with van der Waals surface area (Å²) in [5, 5.41) is 1.94. The highest BCUT2D eigenvalue weighted by atomic mass is 32.1. The zero-order valence-corrected chi connectivity index (χ0v) is 18.4. The Labute approximate surface area is 177 Å². The minimum absolute atomic E-state index is 0.105. The van der Waals surface area contributed by atoms with Crippen molar-refractivity contribution in [3.05, 3.63) is 35.9 Å². The van der Waals surface area contributed by atoms with Gasteiger partial charge in [-0.25, -0.2) is 4.79 Å². The number of carbonyl (C=O) groups excluding carboxylic acids is 3. The smallest absolute Gasteiger partial charge is 0.407 e. The van der Waals surface area contributed by atoms with Crippen LogP contribution in [-0.4, -0.2) is 41.5 Å². The number of nitrogens with one attached hydrogen (secondary N) is 1. The molecule has 0 heterocycles. The lowest BCUT2D eigenvalue weighted by atomic mass is 10.1. The first-order valence-electron chi connectivity index (χ1n) is 9.64. The van der Waals surface area contributed by atoms with Crippen LogP contribution in [-0.2, 0) is 30.4 Å². The lowest BCUT2D eigenvalue weighted by molar-refractivity contribution is -0.144. The van der Waals surface area contributed by atoms with Crippen LogP contribution in [0.2, 0.25) is 0 Å². The van der Waals surface area contributed by atoms with Crippen molar-refractivity contribution in [3.8, 4) is 0 Å². The predicted octanol–water partition coefficient (Wildman–Crippen LogP) is 3.65. The molecule has 0 aliphatic heterocycles. The maximum atomic E-state index is 12.3. The zero-order valence-electron chi connectivity index (χ0n) is 17.5. The van der Waals surface area contributed by atoms with Gasteiger partial charge in [0.15, 0.2) is 0 Å². The maximum Gasteiger partial charge on any atom is 0.407 e. The quantitative estimate of drug-likeness (QED) is 0.338. The molecule has 0 fully saturated rings. The highest BCUT2D eigenvalue weighted by Crippen LogP contribution is 2.15. The summed E-state index contributed by atoms with van der Waals surface area (Å²) in [6.07, 6.45) is -0.0331. The van der Waals surface area contributed by atoms with Crippen LogP contribution in [0.4, 0.5) is 4.79 Å². The second kappa shape index (κ2) is 12.4.